The molecule has 2 aromatic heterocycles. The molecule has 5 heteroatoms. The zero-order valence-corrected chi connectivity index (χ0v) is 14.1. The Bertz CT molecular complexity index is 811. The normalized spacial score (nSPS) is 18.7. The molecule has 1 aromatic carbocycles. The van der Waals surface area contributed by atoms with E-state index in [1.807, 2.05) is 4.52 Å². The molecule has 1 saturated heterocycles. The summed E-state index contributed by atoms with van der Waals surface area (Å²) in [6, 6.07) is 13.1. The van der Waals surface area contributed by atoms with Gasteiger partial charge in [-0.25, -0.2) is 0 Å². The SMILES string of the molecule is CCc1cc(N2CCCC(c3ccccc3)CC2)c2nncn2n1. The minimum absolute atomic E-state index is 0.651. The van der Waals surface area contributed by atoms with Crippen LogP contribution in [0.3, 0.4) is 0 Å². The maximum Gasteiger partial charge on any atom is 0.200 e. The van der Waals surface area contributed by atoms with Crippen molar-refractivity contribution in [3.05, 3.63) is 54.0 Å². The molecule has 3 heterocycles. The summed E-state index contributed by atoms with van der Waals surface area (Å²) in [5.74, 6) is 0.651. The molecule has 24 heavy (non-hydrogen) atoms. The van der Waals surface area contributed by atoms with Crippen molar-refractivity contribution in [2.45, 2.75) is 38.5 Å². The molecule has 5 nitrogen and oxygen atoms in total. The molecular weight excluding hydrogens is 298 g/mol. The quantitative estimate of drug-likeness (QED) is 0.741. The van der Waals surface area contributed by atoms with Crippen molar-refractivity contribution >= 4 is 11.3 Å². The molecule has 124 valence electrons. The lowest BCUT2D eigenvalue weighted by Crippen LogP contribution is -2.25. The third-order valence-corrected chi connectivity index (χ3v) is 5.00. The van der Waals surface area contributed by atoms with Crippen molar-refractivity contribution in [3.8, 4) is 0 Å². The maximum atomic E-state index is 4.56. The number of nitrogens with zero attached hydrogens (tertiary/aromatic N) is 5. The second kappa shape index (κ2) is 6.59. The largest absolute Gasteiger partial charge is 0.368 e. The fourth-order valence-corrected chi connectivity index (χ4v) is 3.66. The lowest BCUT2D eigenvalue weighted by atomic mass is 9.92. The van der Waals surface area contributed by atoms with E-state index in [9.17, 15) is 0 Å². The highest BCUT2D eigenvalue weighted by Gasteiger charge is 2.21. The second-order valence-electron chi connectivity index (χ2n) is 6.50. The minimum Gasteiger partial charge on any atom is -0.368 e. The Kier molecular flexibility index (Phi) is 4.15. The lowest BCUT2D eigenvalue weighted by Gasteiger charge is -2.23. The van der Waals surface area contributed by atoms with Gasteiger partial charge in [0.2, 0.25) is 5.65 Å². The highest BCUT2D eigenvalue weighted by molar-refractivity contribution is 5.68. The summed E-state index contributed by atoms with van der Waals surface area (Å²) in [6.45, 7) is 4.25. The number of hydrogen-bond acceptors (Lipinski definition) is 4. The van der Waals surface area contributed by atoms with Crippen molar-refractivity contribution in [2.75, 3.05) is 18.0 Å². The van der Waals surface area contributed by atoms with Gasteiger partial charge < -0.3 is 4.90 Å². The van der Waals surface area contributed by atoms with Crippen molar-refractivity contribution in [2.24, 2.45) is 0 Å². The van der Waals surface area contributed by atoms with Crippen LogP contribution in [0.2, 0.25) is 0 Å². The van der Waals surface area contributed by atoms with Crippen molar-refractivity contribution in [1.82, 2.24) is 19.8 Å². The van der Waals surface area contributed by atoms with Crippen LogP contribution in [-0.4, -0.2) is 32.9 Å². The van der Waals surface area contributed by atoms with E-state index in [0.717, 1.165) is 30.9 Å². The van der Waals surface area contributed by atoms with Crippen LogP contribution in [0.5, 0.6) is 0 Å². The van der Waals surface area contributed by atoms with Crippen LogP contribution in [0.15, 0.2) is 42.7 Å². The molecule has 1 aliphatic rings. The zero-order chi connectivity index (χ0) is 16.4. The number of rotatable bonds is 3. The monoisotopic (exact) mass is 321 g/mol. The van der Waals surface area contributed by atoms with Gasteiger partial charge in [-0.05, 0) is 43.2 Å². The van der Waals surface area contributed by atoms with E-state index in [2.05, 4.69) is 63.5 Å². The van der Waals surface area contributed by atoms with E-state index in [1.165, 1.54) is 30.5 Å². The first-order chi connectivity index (χ1) is 11.8. The molecule has 1 fully saturated rings. The fraction of sp³-hybridized carbons (Fsp3) is 0.421. The number of aromatic nitrogens is 4. The Morgan fingerprint density at radius 1 is 1.12 bits per heavy atom. The van der Waals surface area contributed by atoms with Gasteiger partial charge >= 0.3 is 0 Å². The van der Waals surface area contributed by atoms with Crippen molar-refractivity contribution in [3.63, 3.8) is 0 Å². The molecule has 0 amide bonds. The van der Waals surface area contributed by atoms with Gasteiger partial charge in [-0.1, -0.05) is 37.3 Å². The van der Waals surface area contributed by atoms with Crippen LogP contribution in [0.4, 0.5) is 5.69 Å². The predicted molar refractivity (Wildman–Crippen MR) is 95.4 cm³/mol. The third-order valence-electron chi connectivity index (χ3n) is 5.00. The van der Waals surface area contributed by atoms with Gasteiger partial charge in [-0.2, -0.15) is 9.61 Å². The summed E-state index contributed by atoms with van der Waals surface area (Å²) in [5.41, 5.74) is 4.59. The van der Waals surface area contributed by atoms with E-state index in [4.69, 9.17) is 0 Å². The van der Waals surface area contributed by atoms with E-state index in [-0.39, 0.29) is 0 Å². The van der Waals surface area contributed by atoms with Gasteiger partial charge in [-0.3, -0.25) is 0 Å². The molecule has 1 unspecified atom stereocenters. The highest BCUT2D eigenvalue weighted by atomic mass is 15.4. The number of anilines is 1. The maximum absolute atomic E-state index is 4.56. The molecule has 0 saturated carbocycles. The number of benzene rings is 1. The molecule has 1 atom stereocenters. The van der Waals surface area contributed by atoms with Crippen molar-refractivity contribution < 1.29 is 0 Å². The first kappa shape index (κ1) is 15.1. The Labute approximate surface area is 142 Å². The van der Waals surface area contributed by atoms with E-state index in [0.29, 0.717) is 5.92 Å². The number of fused-ring (bicyclic) bond motifs is 1. The number of hydrogen-bond donors (Lipinski definition) is 0. The Balaban J connectivity index is 1.60. The molecule has 3 aromatic rings. The molecule has 0 N–H and O–H groups in total. The summed E-state index contributed by atoms with van der Waals surface area (Å²) in [4.78, 5) is 2.47. The predicted octanol–water partition coefficient (Wildman–Crippen LogP) is 3.46. The van der Waals surface area contributed by atoms with Crippen LogP contribution >= 0.6 is 0 Å². The van der Waals surface area contributed by atoms with Gasteiger partial charge in [0.25, 0.3) is 0 Å². The molecular formula is C19H23N5. The average molecular weight is 321 g/mol. The summed E-state index contributed by atoms with van der Waals surface area (Å²) in [5, 5.41) is 12.9. The topological polar surface area (TPSA) is 46.3 Å². The van der Waals surface area contributed by atoms with Gasteiger partial charge in [0.05, 0.1) is 11.4 Å². The van der Waals surface area contributed by atoms with Crippen molar-refractivity contribution in [1.29, 1.82) is 0 Å². The van der Waals surface area contributed by atoms with Crippen LogP contribution in [0.25, 0.3) is 5.65 Å². The van der Waals surface area contributed by atoms with Gasteiger partial charge in [-0.15, -0.1) is 10.2 Å². The van der Waals surface area contributed by atoms with Gasteiger partial charge in [0.15, 0.2) is 0 Å². The van der Waals surface area contributed by atoms with Gasteiger partial charge in [0.1, 0.15) is 6.33 Å². The highest BCUT2D eigenvalue weighted by Crippen LogP contribution is 2.31. The van der Waals surface area contributed by atoms with E-state index in [1.54, 1.807) is 6.33 Å². The lowest BCUT2D eigenvalue weighted by molar-refractivity contribution is 0.612. The van der Waals surface area contributed by atoms with Crippen LogP contribution in [-0.2, 0) is 6.42 Å². The van der Waals surface area contributed by atoms with Crippen LogP contribution in [0.1, 0.15) is 43.4 Å². The zero-order valence-electron chi connectivity index (χ0n) is 14.1. The first-order valence-corrected chi connectivity index (χ1v) is 8.85. The Hall–Kier alpha value is -2.43. The first-order valence-electron chi connectivity index (χ1n) is 8.85. The Morgan fingerprint density at radius 2 is 2.00 bits per heavy atom. The van der Waals surface area contributed by atoms with Crippen LogP contribution < -0.4 is 4.90 Å². The Morgan fingerprint density at radius 3 is 2.83 bits per heavy atom. The number of aryl methyl sites for hydroxylation is 1. The standard InChI is InChI=1S/C19H23N5/c1-2-17-13-18(19-21-20-14-24(19)22-17)23-11-6-9-16(10-12-23)15-7-4-3-5-8-15/h3-5,7-8,13-14,16H,2,6,9-12H2,1H3. The van der Waals surface area contributed by atoms with Gasteiger partial charge in [0, 0.05) is 13.1 Å². The summed E-state index contributed by atoms with van der Waals surface area (Å²) < 4.78 is 1.81. The smallest absolute Gasteiger partial charge is 0.200 e. The fourth-order valence-electron chi connectivity index (χ4n) is 3.66. The van der Waals surface area contributed by atoms with Crippen LogP contribution in [0, 0.1) is 0 Å². The van der Waals surface area contributed by atoms with E-state index >= 15 is 0 Å². The summed E-state index contributed by atoms with van der Waals surface area (Å²) in [7, 11) is 0. The molecule has 0 bridgehead atoms. The second-order valence-corrected chi connectivity index (χ2v) is 6.50. The third kappa shape index (κ3) is 2.86. The molecule has 0 radical (unpaired) electrons. The molecule has 0 aliphatic carbocycles. The summed E-state index contributed by atoms with van der Waals surface area (Å²) in [6.07, 6.45) is 6.23. The average Bonchev–Trinajstić information content (AvgIpc) is 2.97. The van der Waals surface area contributed by atoms with E-state index < -0.39 is 0 Å². The molecule has 0 spiro atoms. The molecule has 4 rings (SSSR count). The molecule has 1 aliphatic heterocycles. The summed E-state index contributed by atoms with van der Waals surface area (Å²) >= 11 is 0. The minimum atomic E-state index is 0.651.